The molecule has 3 N–H and O–H groups in total. The number of hydrogen-bond donors (Lipinski definition) is 3. The van der Waals surface area contributed by atoms with Gasteiger partial charge in [-0.05, 0) is 38.5 Å². The highest BCUT2D eigenvalue weighted by Crippen LogP contribution is 2.13. The molecule has 14 heteroatoms. The Morgan fingerprint density at radius 2 is 1.48 bits per heavy atom. The molecule has 0 aromatic rings. The molecule has 0 spiro atoms. The average molecular weight is 564 g/mol. The van der Waals surface area contributed by atoms with Crippen LogP contribution in [0.3, 0.4) is 0 Å². The first kappa shape index (κ1) is 32.1. The Morgan fingerprint density at radius 3 is 2.12 bits per heavy atom. The average Bonchev–Trinajstić information content (AvgIpc) is 3.41. The third-order valence-corrected chi connectivity index (χ3v) is 6.11. The van der Waals surface area contributed by atoms with Crippen LogP contribution in [0.15, 0.2) is 12.2 Å². The lowest BCUT2D eigenvalue weighted by molar-refractivity contribution is -0.197. The van der Waals surface area contributed by atoms with Gasteiger partial charge in [-0.15, -0.1) is 5.06 Å². The van der Waals surface area contributed by atoms with E-state index >= 15 is 0 Å². The van der Waals surface area contributed by atoms with Crippen molar-refractivity contribution < 1.29 is 43.2 Å². The molecule has 0 bridgehead atoms. The Bertz CT molecular complexity index is 992. The smallest absolute Gasteiger partial charge is 0.333 e. The van der Waals surface area contributed by atoms with Crippen molar-refractivity contribution in [1.82, 2.24) is 25.9 Å². The molecule has 0 radical (unpaired) electrons. The fraction of sp³-hybridized carbons (Fsp3) is 0.615. The Balaban J connectivity index is 1.65. The van der Waals surface area contributed by atoms with Gasteiger partial charge < -0.3 is 20.8 Å². The van der Waals surface area contributed by atoms with Crippen LogP contribution in [0.5, 0.6) is 0 Å². The zero-order valence-electron chi connectivity index (χ0n) is 22.7. The number of hydroxylamine groups is 2. The molecule has 1 saturated heterocycles. The predicted molar refractivity (Wildman–Crippen MR) is 138 cm³/mol. The van der Waals surface area contributed by atoms with Gasteiger partial charge in [-0.1, -0.05) is 6.92 Å². The summed E-state index contributed by atoms with van der Waals surface area (Å²) in [5.41, 5.74) is 0. The zero-order chi connectivity index (χ0) is 29.5. The number of nitrogens with one attached hydrogen (secondary N) is 3. The van der Waals surface area contributed by atoms with E-state index in [0.717, 1.165) is 11.3 Å². The van der Waals surface area contributed by atoms with Crippen molar-refractivity contribution in [1.29, 1.82) is 0 Å². The predicted octanol–water partition coefficient (Wildman–Crippen LogP) is -0.233. The van der Waals surface area contributed by atoms with Gasteiger partial charge in [-0.25, -0.2) is 4.79 Å². The number of imide groups is 2. The number of hydrogen-bond acceptors (Lipinski definition) is 9. The summed E-state index contributed by atoms with van der Waals surface area (Å²) in [6.45, 7) is 2.89. The van der Waals surface area contributed by atoms with Crippen molar-refractivity contribution in [3.8, 4) is 0 Å². The molecule has 1 atom stereocenters. The molecule has 1 unspecified atom stereocenters. The second-order valence-electron chi connectivity index (χ2n) is 9.42. The SMILES string of the molecule is CCCNC(=O)C(CCCCNC(=O)CCCN1C(=O)C=CC1=O)NC(=O)CCCC(=O)ON1C(=O)CCC1=O. The van der Waals surface area contributed by atoms with E-state index in [2.05, 4.69) is 16.0 Å². The first-order valence-electron chi connectivity index (χ1n) is 13.6. The Labute approximate surface area is 232 Å². The van der Waals surface area contributed by atoms with Crippen LogP contribution in [-0.4, -0.2) is 83.0 Å². The fourth-order valence-corrected chi connectivity index (χ4v) is 3.94. The summed E-state index contributed by atoms with van der Waals surface area (Å²) in [4.78, 5) is 101. The molecular weight excluding hydrogens is 526 g/mol. The van der Waals surface area contributed by atoms with Crippen LogP contribution in [-0.2, 0) is 43.2 Å². The highest BCUT2D eigenvalue weighted by Gasteiger charge is 2.32. The standard InChI is InChI=1S/C26H37N5O9/c1-2-15-28-26(39)18(29-20(33)8-5-10-25(38)40-31-23(36)13-14-24(31)37)7-3-4-16-27-19(32)9-6-17-30-21(34)11-12-22(30)35/h11-12,18H,2-10,13-17H2,1H3,(H,27,32)(H,28,39)(H,29,33). The van der Waals surface area contributed by atoms with E-state index < -0.39 is 29.7 Å². The van der Waals surface area contributed by atoms with Crippen molar-refractivity contribution in [3.05, 3.63) is 12.2 Å². The summed E-state index contributed by atoms with van der Waals surface area (Å²) >= 11 is 0. The molecule has 2 heterocycles. The maximum atomic E-state index is 12.5. The second-order valence-corrected chi connectivity index (χ2v) is 9.42. The highest BCUT2D eigenvalue weighted by atomic mass is 16.7. The lowest BCUT2D eigenvalue weighted by Gasteiger charge is -2.18. The number of amides is 7. The summed E-state index contributed by atoms with van der Waals surface area (Å²) in [5, 5.41) is 8.64. The van der Waals surface area contributed by atoms with Crippen molar-refractivity contribution in [2.24, 2.45) is 0 Å². The van der Waals surface area contributed by atoms with E-state index in [1.807, 2.05) is 6.92 Å². The molecule has 14 nitrogen and oxygen atoms in total. The van der Waals surface area contributed by atoms with Gasteiger partial charge in [-0.3, -0.25) is 38.5 Å². The van der Waals surface area contributed by atoms with Crippen LogP contribution in [0.25, 0.3) is 0 Å². The number of carbonyl (C=O) groups is 8. The van der Waals surface area contributed by atoms with Crippen molar-refractivity contribution in [2.45, 2.75) is 83.6 Å². The fourth-order valence-electron chi connectivity index (χ4n) is 3.94. The van der Waals surface area contributed by atoms with Crippen LogP contribution >= 0.6 is 0 Å². The Hall–Kier alpha value is -4.10. The zero-order valence-corrected chi connectivity index (χ0v) is 22.7. The quantitative estimate of drug-likeness (QED) is 0.149. The van der Waals surface area contributed by atoms with Crippen LogP contribution in [0.4, 0.5) is 0 Å². The lowest BCUT2D eigenvalue weighted by atomic mass is 10.1. The third-order valence-electron chi connectivity index (χ3n) is 6.11. The van der Waals surface area contributed by atoms with Gasteiger partial charge in [0.1, 0.15) is 6.04 Å². The van der Waals surface area contributed by atoms with Crippen LogP contribution in [0, 0.1) is 0 Å². The summed E-state index contributed by atoms with van der Waals surface area (Å²) in [7, 11) is 0. The maximum Gasteiger partial charge on any atom is 0.333 e. The van der Waals surface area contributed by atoms with Gasteiger partial charge in [0, 0.05) is 63.9 Å². The third kappa shape index (κ3) is 10.9. The first-order chi connectivity index (χ1) is 19.1. The Morgan fingerprint density at radius 1 is 0.825 bits per heavy atom. The molecule has 0 saturated carbocycles. The first-order valence-corrected chi connectivity index (χ1v) is 13.6. The molecule has 7 amide bonds. The van der Waals surface area contributed by atoms with Gasteiger partial charge in [0.15, 0.2) is 0 Å². The van der Waals surface area contributed by atoms with Crippen molar-refractivity contribution in [3.63, 3.8) is 0 Å². The highest BCUT2D eigenvalue weighted by molar-refractivity contribution is 6.12. The van der Waals surface area contributed by atoms with Crippen molar-refractivity contribution in [2.75, 3.05) is 19.6 Å². The van der Waals surface area contributed by atoms with E-state index in [0.29, 0.717) is 43.8 Å². The van der Waals surface area contributed by atoms with Crippen LogP contribution < -0.4 is 16.0 Å². The molecule has 1 fully saturated rings. The molecule has 220 valence electrons. The number of rotatable bonds is 18. The normalized spacial score (nSPS) is 15.4. The molecule has 40 heavy (non-hydrogen) atoms. The summed E-state index contributed by atoms with van der Waals surface area (Å²) < 4.78 is 0. The molecule has 2 aliphatic heterocycles. The summed E-state index contributed by atoms with van der Waals surface area (Å²) in [6, 6.07) is -0.786. The number of carbonyl (C=O) groups excluding carboxylic acids is 8. The summed E-state index contributed by atoms with van der Waals surface area (Å²) in [5.74, 6) is -3.71. The van der Waals surface area contributed by atoms with Gasteiger partial charge >= 0.3 is 5.97 Å². The molecule has 0 aromatic heterocycles. The minimum absolute atomic E-state index is 0.00826. The topological polar surface area (TPSA) is 188 Å². The maximum absolute atomic E-state index is 12.5. The molecular formula is C26H37N5O9. The second kappa shape index (κ2) is 16.8. The van der Waals surface area contributed by atoms with Crippen LogP contribution in [0.2, 0.25) is 0 Å². The monoisotopic (exact) mass is 563 g/mol. The van der Waals surface area contributed by atoms with E-state index in [1.165, 1.54) is 12.2 Å². The minimum Gasteiger partial charge on any atom is -0.356 e. The number of unbranched alkanes of at least 4 members (excludes halogenated alkanes) is 1. The lowest BCUT2D eigenvalue weighted by Crippen LogP contribution is -2.47. The Kier molecular flexibility index (Phi) is 13.5. The van der Waals surface area contributed by atoms with Crippen LogP contribution in [0.1, 0.15) is 77.6 Å². The van der Waals surface area contributed by atoms with E-state index in [9.17, 15) is 38.4 Å². The summed E-state index contributed by atoms with van der Waals surface area (Å²) in [6.07, 6.45) is 4.91. The van der Waals surface area contributed by atoms with Gasteiger partial charge in [0.2, 0.25) is 17.7 Å². The van der Waals surface area contributed by atoms with E-state index in [4.69, 9.17) is 4.84 Å². The van der Waals surface area contributed by atoms with Gasteiger partial charge in [0.25, 0.3) is 23.6 Å². The van der Waals surface area contributed by atoms with E-state index in [-0.39, 0.29) is 68.7 Å². The molecule has 2 rings (SSSR count). The molecule has 0 aromatic carbocycles. The molecule has 0 aliphatic carbocycles. The molecule has 2 aliphatic rings. The van der Waals surface area contributed by atoms with E-state index in [1.54, 1.807) is 0 Å². The van der Waals surface area contributed by atoms with Gasteiger partial charge in [-0.2, -0.15) is 0 Å². The largest absolute Gasteiger partial charge is 0.356 e. The van der Waals surface area contributed by atoms with Crippen molar-refractivity contribution >= 4 is 47.3 Å². The van der Waals surface area contributed by atoms with Gasteiger partial charge in [0.05, 0.1) is 0 Å². The minimum atomic E-state index is -0.800. The number of nitrogens with zero attached hydrogens (tertiary/aromatic N) is 2.